The van der Waals surface area contributed by atoms with E-state index in [9.17, 15) is 9.18 Å². The molecule has 17 heavy (non-hydrogen) atoms. The lowest BCUT2D eigenvalue weighted by molar-refractivity contribution is 0.0919. The van der Waals surface area contributed by atoms with E-state index in [0.29, 0.717) is 30.1 Å². The van der Waals surface area contributed by atoms with Gasteiger partial charge in [-0.3, -0.25) is 4.79 Å². The molecule has 6 heteroatoms. The Bertz CT molecular complexity index is 390. The highest BCUT2D eigenvalue weighted by Crippen LogP contribution is 2.15. The predicted molar refractivity (Wildman–Crippen MR) is 68.0 cm³/mol. The van der Waals surface area contributed by atoms with Gasteiger partial charge in [-0.05, 0) is 18.2 Å². The third kappa shape index (κ3) is 5.02. The lowest BCUT2D eigenvalue weighted by atomic mass is 10.2. The minimum absolute atomic E-state index is 0.0109. The average Bonchev–Trinajstić information content (AvgIpc) is 2.32. The molecule has 1 aromatic carbocycles. The van der Waals surface area contributed by atoms with Crippen LogP contribution in [0.2, 0.25) is 0 Å². The first kappa shape index (κ1) is 14.4. The van der Waals surface area contributed by atoms with Crippen LogP contribution in [0, 0.1) is 5.82 Å². The Morgan fingerprint density at radius 3 is 2.94 bits per heavy atom. The molecule has 3 nitrogen and oxygen atoms in total. The second kappa shape index (κ2) is 7.63. The molecule has 0 spiro atoms. The monoisotopic (exact) mass is 323 g/mol. The van der Waals surface area contributed by atoms with Gasteiger partial charge in [0.2, 0.25) is 0 Å². The Morgan fingerprint density at radius 2 is 2.24 bits per heavy atom. The van der Waals surface area contributed by atoms with Crippen molar-refractivity contribution in [1.82, 2.24) is 5.32 Å². The van der Waals surface area contributed by atoms with Crippen LogP contribution >= 0.6 is 27.5 Å². The molecule has 1 aromatic rings. The van der Waals surface area contributed by atoms with Crippen molar-refractivity contribution >= 4 is 33.4 Å². The number of nitrogens with one attached hydrogen (secondary N) is 1. The smallest absolute Gasteiger partial charge is 0.254 e. The van der Waals surface area contributed by atoms with Gasteiger partial charge in [0.25, 0.3) is 5.91 Å². The van der Waals surface area contributed by atoms with Crippen molar-refractivity contribution in [2.75, 3.05) is 25.6 Å². The molecule has 0 atom stereocenters. The number of ether oxygens (including phenoxy) is 1. The highest BCUT2D eigenvalue weighted by Gasteiger charge is 2.11. The molecule has 1 amide bonds. The first-order valence-electron chi connectivity index (χ1n) is 5.02. The molecule has 0 aliphatic heterocycles. The Balaban J connectivity index is 2.44. The quantitative estimate of drug-likeness (QED) is 0.645. The van der Waals surface area contributed by atoms with Crippen molar-refractivity contribution in [3.63, 3.8) is 0 Å². The van der Waals surface area contributed by atoms with Crippen molar-refractivity contribution in [3.05, 3.63) is 34.1 Å². The standard InChI is InChI=1S/C11H12BrClFNO2/c12-8-1-2-10(14)9(7-8)11(16)15-4-6-17-5-3-13/h1-2,7H,3-6H2,(H,15,16). The van der Waals surface area contributed by atoms with Crippen molar-refractivity contribution in [2.24, 2.45) is 0 Å². The summed E-state index contributed by atoms with van der Waals surface area (Å²) in [7, 11) is 0. The topological polar surface area (TPSA) is 38.3 Å². The normalized spacial score (nSPS) is 10.3. The van der Waals surface area contributed by atoms with Gasteiger partial charge in [-0.25, -0.2) is 4.39 Å². The molecule has 0 heterocycles. The summed E-state index contributed by atoms with van der Waals surface area (Å²) in [4.78, 5) is 11.6. The number of carbonyl (C=O) groups is 1. The Labute approximate surface area is 112 Å². The number of alkyl halides is 1. The van der Waals surface area contributed by atoms with Gasteiger partial charge in [-0.1, -0.05) is 15.9 Å². The second-order valence-corrected chi connectivity index (χ2v) is 4.48. The van der Waals surface area contributed by atoms with E-state index in [-0.39, 0.29) is 5.56 Å². The number of amides is 1. The van der Waals surface area contributed by atoms with Crippen LogP contribution in [0.3, 0.4) is 0 Å². The molecule has 0 aromatic heterocycles. The average molecular weight is 325 g/mol. The maximum atomic E-state index is 13.3. The molecule has 0 saturated heterocycles. The highest BCUT2D eigenvalue weighted by molar-refractivity contribution is 9.10. The molecule has 0 aliphatic rings. The van der Waals surface area contributed by atoms with Crippen LogP contribution in [0.5, 0.6) is 0 Å². The fourth-order valence-electron chi connectivity index (χ4n) is 1.16. The van der Waals surface area contributed by atoms with Crippen molar-refractivity contribution in [1.29, 1.82) is 0 Å². The summed E-state index contributed by atoms with van der Waals surface area (Å²) in [6, 6.07) is 4.21. The van der Waals surface area contributed by atoms with Gasteiger partial charge >= 0.3 is 0 Å². The molecule has 0 radical (unpaired) electrons. The molecule has 1 N–H and O–H groups in total. The Hall–Kier alpha value is -0.650. The summed E-state index contributed by atoms with van der Waals surface area (Å²) in [5.41, 5.74) is 0.0109. The summed E-state index contributed by atoms with van der Waals surface area (Å²) < 4.78 is 19.0. The van der Waals surface area contributed by atoms with Gasteiger partial charge in [0, 0.05) is 16.9 Å². The van der Waals surface area contributed by atoms with E-state index in [1.54, 1.807) is 0 Å². The van der Waals surface area contributed by atoms with E-state index < -0.39 is 11.7 Å². The first-order valence-corrected chi connectivity index (χ1v) is 6.35. The van der Waals surface area contributed by atoms with E-state index in [0.717, 1.165) is 0 Å². The lowest BCUT2D eigenvalue weighted by Gasteiger charge is -2.06. The number of rotatable bonds is 6. The van der Waals surface area contributed by atoms with Gasteiger partial charge in [-0.2, -0.15) is 0 Å². The zero-order valence-electron chi connectivity index (χ0n) is 9.01. The van der Waals surface area contributed by atoms with Crippen LogP contribution in [-0.4, -0.2) is 31.5 Å². The SMILES string of the molecule is O=C(NCCOCCCl)c1cc(Br)ccc1F. The van der Waals surface area contributed by atoms with Crippen molar-refractivity contribution < 1.29 is 13.9 Å². The number of halogens is 3. The van der Waals surface area contributed by atoms with Crippen LogP contribution in [0.1, 0.15) is 10.4 Å². The molecular formula is C11H12BrClFNO2. The second-order valence-electron chi connectivity index (χ2n) is 3.18. The molecule has 0 aliphatic carbocycles. The van der Waals surface area contributed by atoms with Gasteiger partial charge in [0.1, 0.15) is 5.82 Å². The number of hydrogen-bond donors (Lipinski definition) is 1. The zero-order chi connectivity index (χ0) is 12.7. The van der Waals surface area contributed by atoms with Crippen LogP contribution < -0.4 is 5.32 Å². The third-order valence-corrected chi connectivity index (χ3v) is 2.57. The van der Waals surface area contributed by atoms with E-state index in [1.165, 1.54) is 18.2 Å². The van der Waals surface area contributed by atoms with Crippen LogP contribution in [-0.2, 0) is 4.74 Å². The largest absolute Gasteiger partial charge is 0.378 e. The third-order valence-electron chi connectivity index (χ3n) is 1.93. The van der Waals surface area contributed by atoms with Crippen LogP contribution in [0.15, 0.2) is 22.7 Å². The lowest BCUT2D eigenvalue weighted by Crippen LogP contribution is -2.28. The summed E-state index contributed by atoms with van der Waals surface area (Å²) in [6.45, 7) is 1.11. The van der Waals surface area contributed by atoms with E-state index in [1.807, 2.05) is 0 Å². The highest BCUT2D eigenvalue weighted by atomic mass is 79.9. The molecular weight excluding hydrogens is 312 g/mol. The molecule has 0 fully saturated rings. The van der Waals surface area contributed by atoms with Crippen LogP contribution in [0.25, 0.3) is 0 Å². The maximum absolute atomic E-state index is 13.3. The summed E-state index contributed by atoms with van der Waals surface area (Å²) >= 11 is 8.59. The van der Waals surface area contributed by atoms with Crippen molar-refractivity contribution in [2.45, 2.75) is 0 Å². The van der Waals surface area contributed by atoms with E-state index in [4.69, 9.17) is 16.3 Å². The molecule has 94 valence electrons. The van der Waals surface area contributed by atoms with Gasteiger partial charge in [0.15, 0.2) is 0 Å². The Kier molecular flexibility index (Phi) is 6.47. The van der Waals surface area contributed by atoms with Crippen LogP contribution in [0.4, 0.5) is 4.39 Å². The fraction of sp³-hybridized carbons (Fsp3) is 0.364. The molecule has 0 bridgehead atoms. The first-order chi connectivity index (χ1) is 8.15. The zero-order valence-corrected chi connectivity index (χ0v) is 11.4. The van der Waals surface area contributed by atoms with Crippen molar-refractivity contribution in [3.8, 4) is 0 Å². The van der Waals surface area contributed by atoms with E-state index in [2.05, 4.69) is 21.2 Å². The Morgan fingerprint density at radius 1 is 1.47 bits per heavy atom. The van der Waals surface area contributed by atoms with Gasteiger partial charge < -0.3 is 10.1 Å². The predicted octanol–water partition coefficient (Wildman–Crippen LogP) is 2.57. The maximum Gasteiger partial charge on any atom is 0.254 e. The fourth-order valence-corrected chi connectivity index (χ4v) is 1.63. The number of carbonyl (C=O) groups excluding carboxylic acids is 1. The molecule has 0 unspecified atom stereocenters. The summed E-state index contributed by atoms with van der Waals surface area (Å²) in [5.74, 6) is -0.598. The van der Waals surface area contributed by atoms with Gasteiger partial charge in [-0.15, -0.1) is 11.6 Å². The molecule has 1 rings (SSSR count). The minimum Gasteiger partial charge on any atom is -0.378 e. The number of benzene rings is 1. The molecule has 0 saturated carbocycles. The van der Waals surface area contributed by atoms with E-state index >= 15 is 0 Å². The summed E-state index contributed by atoms with van der Waals surface area (Å²) in [5, 5.41) is 2.56. The van der Waals surface area contributed by atoms with Gasteiger partial charge in [0.05, 0.1) is 18.8 Å². The summed E-state index contributed by atoms with van der Waals surface area (Å²) in [6.07, 6.45) is 0. The minimum atomic E-state index is -0.549. The number of hydrogen-bond acceptors (Lipinski definition) is 2.